The van der Waals surface area contributed by atoms with Crippen molar-refractivity contribution in [2.75, 3.05) is 6.54 Å². The number of nitrogens with zero attached hydrogens (tertiary/aromatic N) is 3. The van der Waals surface area contributed by atoms with Crippen LogP contribution in [0.5, 0.6) is 5.88 Å². The highest BCUT2D eigenvalue weighted by Gasteiger charge is 2.62. The molecule has 0 spiro atoms. The van der Waals surface area contributed by atoms with Crippen LogP contribution in [0.1, 0.15) is 85.0 Å². The van der Waals surface area contributed by atoms with Gasteiger partial charge in [-0.15, -0.1) is 11.3 Å². The van der Waals surface area contributed by atoms with Crippen molar-refractivity contribution < 1.29 is 36.7 Å². The van der Waals surface area contributed by atoms with Gasteiger partial charge in [-0.05, 0) is 76.1 Å². The van der Waals surface area contributed by atoms with Gasteiger partial charge < -0.3 is 20.3 Å². The summed E-state index contributed by atoms with van der Waals surface area (Å²) in [7, 11) is -3.90. The summed E-state index contributed by atoms with van der Waals surface area (Å²) in [6, 6.07) is 5.89. The van der Waals surface area contributed by atoms with E-state index in [2.05, 4.69) is 25.3 Å². The minimum atomic E-state index is -3.90. The Bertz CT molecular complexity index is 2090. The summed E-state index contributed by atoms with van der Waals surface area (Å²) in [6.07, 6.45) is 7.73. The Morgan fingerprint density at radius 3 is 2.66 bits per heavy atom. The van der Waals surface area contributed by atoms with Crippen LogP contribution in [-0.2, 0) is 30.8 Å². The molecule has 1 aromatic carbocycles. The molecule has 5 unspecified atom stereocenters. The summed E-state index contributed by atoms with van der Waals surface area (Å²) < 4.78 is 48.9. The smallest absolute Gasteiger partial charge is 0.262 e. The molecule has 5 atom stereocenters. The molecule has 53 heavy (non-hydrogen) atoms. The van der Waals surface area contributed by atoms with Crippen molar-refractivity contribution in [3.05, 3.63) is 63.7 Å². The van der Waals surface area contributed by atoms with Gasteiger partial charge in [0, 0.05) is 17.2 Å². The molecule has 3 N–H and O–H groups in total. The minimum absolute atomic E-state index is 0.0128. The van der Waals surface area contributed by atoms with E-state index in [4.69, 9.17) is 4.74 Å². The van der Waals surface area contributed by atoms with E-state index in [1.165, 1.54) is 22.3 Å². The molecule has 16 heteroatoms. The molecule has 4 amide bonds. The molecule has 3 aromatic rings. The summed E-state index contributed by atoms with van der Waals surface area (Å²) in [5.41, 5.74) is -0.664. The summed E-state index contributed by atoms with van der Waals surface area (Å²) in [6.45, 7) is 3.67. The van der Waals surface area contributed by atoms with Crippen molar-refractivity contribution in [1.82, 2.24) is 30.2 Å². The Kier molecular flexibility index (Phi) is 10.3. The molecule has 2 saturated carbocycles. The highest BCUT2D eigenvalue weighted by molar-refractivity contribution is 7.91. The lowest BCUT2D eigenvalue weighted by molar-refractivity contribution is -0.141. The van der Waals surface area contributed by atoms with Crippen LogP contribution in [-0.4, -0.2) is 82.4 Å². The minimum Gasteiger partial charge on any atom is -0.471 e. The van der Waals surface area contributed by atoms with Gasteiger partial charge in [-0.25, -0.2) is 22.8 Å². The van der Waals surface area contributed by atoms with Crippen molar-refractivity contribution in [2.24, 2.45) is 5.92 Å². The van der Waals surface area contributed by atoms with Gasteiger partial charge in [0.2, 0.25) is 27.7 Å². The number of ether oxygens (including phenoxy) is 1. The number of thiophene rings is 1. The van der Waals surface area contributed by atoms with Crippen molar-refractivity contribution in [3.63, 3.8) is 0 Å². The number of carbonyl (C=O) groups excluding carboxylic acids is 4. The van der Waals surface area contributed by atoms with Gasteiger partial charge in [0.1, 0.15) is 34.9 Å². The maximum atomic E-state index is 14.8. The number of fused-ring (bicyclic) bond motifs is 3. The fraction of sp³-hybridized carbons (Fsp3) is 0.514. The van der Waals surface area contributed by atoms with Gasteiger partial charge in [0.15, 0.2) is 5.82 Å². The standard InChI is InChI=1S/C37H43FN6O7S2/c1-3-26-34(41-31-25(38)11-9-13-27(31)39-26)51-23-18-29-32(45)42-37(36(48)43-53(49,50)24-15-16-24)19-22(37)10-7-5-4-6-8-12-28(35(47)44(29)20-23)40-33(46)30-17-14-21(2)52-30/h7,9-11,13-14,17,22-24,28-29H,3-6,8,12,15-16,18-20H2,1-2H3,(H,40,46)(H,42,45)(H,43,48). The van der Waals surface area contributed by atoms with Crippen LogP contribution in [0.3, 0.4) is 0 Å². The number of aromatic nitrogens is 2. The van der Waals surface area contributed by atoms with Crippen LogP contribution in [0.15, 0.2) is 42.5 Å². The van der Waals surface area contributed by atoms with E-state index in [1.54, 1.807) is 18.2 Å². The molecule has 0 radical (unpaired) electrons. The summed E-state index contributed by atoms with van der Waals surface area (Å²) in [4.78, 5) is 67.7. The Labute approximate surface area is 311 Å². The number of para-hydroxylation sites is 1. The molecular weight excluding hydrogens is 724 g/mol. The van der Waals surface area contributed by atoms with E-state index in [1.807, 2.05) is 32.1 Å². The van der Waals surface area contributed by atoms with Gasteiger partial charge in [-0.3, -0.25) is 23.9 Å². The number of sulfonamides is 1. The third kappa shape index (κ3) is 7.79. The van der Waals surface area contributed by atoms with E-state index in [0.717, 1.165) is 17.7 Å². The van der Waals surface area contributed by atoms with Crippen LogP contribution in [0.25, 0.3) is 11.0 Å². The van der Waals surface area contributed by atoms with Crippen LogP contribution in [0, 0.1) is 18.7 Å². The lowest BCUT2D eigenvalue weighted by Crippen LogP contribution is -2.58. The molecule has 13 nitrogen and oxygen atoms in total. The highest BCUT2D eigenvalue weighted by Crippen LogP contribution is 2.46. The third-order valence-electron chi connectivity index (χ3n) is 10.4. The molecule has 282 valence electrons. The van der Waals surface area contributed by atoms with Crippen molar-refractivity contribution in [1.29, 1.82) is 0 Å². The largest absolute Gasteiger partial charge is 0.471 e. The first kappa shape index (κ1) is 36.9. The molecule has 1 saturated heterocycles. The van der Waals surface area contributed by atoms with E-state index in [9.17, 15) is 32.0 Å². The molecule has 0 bridgehead atoms. The second-order valence-electron chi connectivity index (χ2n) is 14.4. The Balaban J connectivity index is 1.21. The van der Waals surface area contributed by atoms with Gasteiger partial charge in [-0.1, -0.05) is 38.0 Å². The fourth-order valence-electron chi connectivity index (χ4n) is 7.18. The summed E-state index contributed by atoms with van der Waals surface area (Å²) in [5, 5.41) is 5.13. The number of allylic oxidation sites excluding steroid dienone is 1. The van der Waals surface area contributed by atoms with Crippen LogP contribution >= 0.6 is 11.3 Å². The van der Waals surface area contributed by atoms with Crippen molar-refractivity contribution >= 4 is 56.0 Å². The fourth-order valence-corrected chi connectivity index (χ4v) is 9.31. The molecule has 2 aromatic heterocycles. The second kappa shape index (κ2) is 14.8. The predicted octanol–water partition coefficient (Wildman–Crippen LogP) is 3.85. The monoisotopic (exact) mass is 766 g/mol. The topological polar surface area (TPSA) is 177 Å². The lowest BCUT2D eigenvalue weighted by atomic mass is 10.0. The van der Waals surface area contributed by atoms with Crippen LogP contribution in [0.2, 0.25) is 0 Å². The molecule has 4 heterocycles. The van der Waals surface area contributed by atoms with Gasteiger partial charge >= 0.3 is 0 Å². The van der Waals surface area contributed by atoms with Gasteiger partial charge in [0.05, 0.1) is 22.2 Å². The molecular formula is C37H43FN6O7S2. The summed E-state index contributed by atoms with van der Waals surface area (Å²) in [5.74, 6) is -3.28. The molecule has 7 rings (SSSR count). The van der Waals surface area contributed by atoms with Crippen LogP contribution < -0.4 is 20.1 Å². The Morgan fingerprint density at radius 1 is 1.11 bits per heavy atom. The number of rotatable bonds is 8. The number of halogens is 1. The number of amides is 4. The SMILES string of the molecule is CCc1nc2cccc(F)c2nc1OC1CC2C(=O)NC3(C(=O)NS(=O)(=O)C4CC4)CC3C=CCCCCCC(NC(=O)c3ccc(C)s3)C(=O)N2C1. The quantitative estimate of drug-likeness (QED) is 0.288. The predicted molar refractivity (Wildman–Crippen MR) is 195 cm³/mol. The number of aryl methyl sites for hydroxylation is 2. The zero-order valence-corrected chi connectivity index (χ0v) is 31.2. The van der Waals surface area contributed by atoms with E-state index >= 15 is 0 Å². The molecule has 3 fully saturated rings. The van der Waals surface area contributed by atoms with Gasteiger partial charge in [0.25, 0.3) is 11.8 Å². The molecule has 2 aliphatic heterocycles. The number of hydrogen-bond donors (Lipinski definition) is 3. The zero-order chi connectivity index (χ0) is 37.5. The molecule has 4 aliphatic rings. The zero-order valence-electron chi connectivity index (χ0n) is 29.6. The first-order valence-electron chi connectivity index (χ1n) is 18.2. The first-order chi connectivity index (χ1) is 25.4. The second-order valence-corrected chi connectivity index (χ2v) is 17.6. The Hall–Kier alpha value is -4.44. The molecule has 2 aliphatic carbocycles. The number of carbonyl (C=O) groups is 4. The first-order valence-corrected chi connectivity index (χ1v) is 20.6. The average molecular weight is 767 g/mol. The number of nitrogens with one attached hydrogen (secondary N) is 3. The maximum Gasteiger partial charge on any atom is 0.262 e. The average Bonchev–Trinajstić information content (AvgIpc) is 4.01. The highest BCUT2D eigenvalue weighted by atomic mass is 32.2. The summed E-state index contributed by atoms with van der Waals surface area (Å²) >= 11 is 1.31. The van der Waals surface area contributed by atoms with E-state index < -0.39 is 74.4 Å². The number of hydrogen-bond acceptors (Lipinski definition) is 10. The Morgan fingerprint density at radius 2 is 1.92 bits per heavy atom. The van der Waals surface area contributed by atoms with Crippen molar-refractivity contribution in [3.8, 4) is 5.88 Å². The number of benzene rings is 1. The maximum absolute atomic E-state index is 14.8. The van der Waals surface area contributed by atoms with E-state index in [0.29, 0.717) is 54.6 Å². The lowest BCUT2D eigenvalue weighted by Gasteiger charge is -2.29. The van der Waals surface area contributed by atoms with E-state index in [-0.39, 0.29) is 30.8 Å². The third-order valence-corrected chi connectivity index (χ3v) is 13.2. The van der Waals surface area contributed by atoms with Crippen LogP contribution in [0.4, 0.5) is 4.39 Å². The van der Waals surface area contributed by atoms with Gasteiger partial charge in [-0.2, -0.15) is 0 Å². The van der Waals surface area contributed by atoms with Crippen molar-refractivity contribution in [2.45, 2.75) is 107 Å². The normalized spacial score (nSPS) is 26.5.